The minimum Gasteiger partial charge on any atom is -0.486 e. The van der Waals surface area contributed by atoms with Gasteiger partial charge in [-0.25, -0.2) is 0 Å². The van der Waals surface area contributed by atoms with Crippen LogP contribution < -0.4 is 14.8 Å². The quantitative estimate of drug-likeness (QED) is 0.489. The highest BCUT2D eigenvalue weighted by atomic mass is 16.6. The second-order valence-corrected chi connectivity index (χ2v) is 6.79. The summed E-state index contributed by atoms with van der Waals surface area (Å²) in [4.78, 5) is 15.0. The molecule has 1 aliphatic heterocycles. The highest BCUT2D eigenvalue weighted by molar-refractivity contribution is 5.79. The largest absolute Gasteiger partial charge is 0.486 e. The van der Waals surface area contributed by atoms with Gasteiger partial charge in [0.05, 0.1) is 0 Å². The minimum absolute atomic E-state index is 0.422. The number of rotatable bonds is 6. The summed E-state index contributed by atoms with van der Waals surface area (Å²) in [7, 11) is 3.75. The SMILES string of the molecule is CN=C(NCCc1noc(-c2ccccn2)n1)N(C)Cc1ccc2c(c1)OCCO2. The molecule has 3 heterocycles. The van der Waals surface area contributed by atoms with Crippen LogP contribution in [0.5, 0.6) is 11.5 Å². The van der Waals surface area contributed by atoms with Gasteiger partial charge in [-0.2, -0.15) is 4.98 Å². The maximum atomic E-state index is 5.66. The summed E-state index contributed by atoms with van der Waals surface area (Å²) >= 11 is 0. The summed E-state index contributed by atoms with van der Waals surface area (Å²) in [5.74, 6) is 3.40. The van der Waals surface area contributed by atoms with E-state index in [0.29, 0.717) is 50.1 Å². The molecule has 1 aromatic carbocycles. The molecule has 0 fully saturated rings. The lowest BCUT2D eigenvalue weighted by molar-refractivity contribution is 0.171. The fourth-order valence-electron chi connectivity index (χ4n) is 3.15. The van der Waals surface area contributed by atoms with E-state index in [2.05, 4.69) is 25.4 Å². The Labute approximate surface area is 174 Å². The molecule has 30 heavy (non-hydrogen) atoms. The summed E-state index contributed by atoms with van der Waals surface area (Å²) in [5, 5.41) is 7.36. The lowest BCUT2D eigenvalue weighted by Gasteiger charge is -2.23. The molecule has 0 aliphatic carbocycles. The van der Waals surface area contributed by atoms with E-state index >= 15 is 0 Å². The number of pyridine rings is 1. The molecule has 0 spiro atoms. The van der Waals surface area contributed by atoms with Crippen molar-refractivity contribution < 1.29 is 14.0 Å². The van der Waals surface area contributed by atoms with Crippen LogP contribution in [0.1, 0.15) is 11.4 Å². The van der Waals surface area contributed by atoms with Gasteiger partial charge < -0.3 is 24.2 Å². The smallest absolute Gasteiger partial charge is 0.276 e. The molecule has 9 heteroatoms. The number of aromatic nitrogens is 3. The van der Waals surface area contributed by atoms with E-state index in [1.54, 1.807) is 13.2 Å². The van der Waals surface area contributed by atoms with Gasteiger partial charge in [-0.1, -0.05) is 17.3 Å². The molecule has 0 saturated heterocycles. The van der Waals surface area contributed by atoms with Gasteiger partial charge in [-0.3, -0.25) is 9.98 Å². The molecule has 0 radical (unpaired) electrons. The maximum absolute atomic E-state index is 5.66. The normalized spacial score (nSPS) is 13.2. The number of benzene rings is 1. The Hall–Kier alpha value is -3.62. The van der Waals surface area contributed by atoms with Crippen LogP contribution in [0, 0.1) is 0 Å². The summed E-state index contributed by atoms with van der Waals surface area (Å²) < 4.78 is 16.5. The van der Waals surface area contributed by atoms with E-state index < -0.39 is 0 Å². The summed E-state index contributed by atoms with van der Waals surface area (Å²) in [6.45, 7) is 2.47. The van der Waals surface area contributed by atoms with Crippen molar-refractivity contribution in [1.82, 2.24) is 25.3 Å². The zero-order valence-electron chi connectivity index (χ0n) is 17.0. The highest BCUT2D eigenvalue weighted by Crippen LogP contribution is 2.31. The summed E-state index contributed by atoms with van der Waals surface area (Å²) in [6.07, 6.45) is 2.30. The van der Waals surface area contributed by atoms with E-state index in [0.717, 1.165) is 23.0 Å². The van der Waals surface area contributed by atoms with E-state index in [-0.39, 0.29) is 0 Å². The van der Waals surface area contributed by atoms with Crippen LogP contribution in [0.3, 0.4) is 0 Å². The van der Waals surface area contributed by atoms with Gasteiger partial charge in [0.15, 0.2) is 23.3 Å². The molecule has 4 rings (SSSR count). The van der Waals surface area contributed by atoms with Gasteiger partial charge in [0.25, 0.3) is 5.89 Å². The zero-order chi connectivity index (χ0) is 20.8. The molecule has 1 N–H and O–H groups in total. The van der Waals surface area contributed by atoms with Crippen molar-refractivity contribution in [1.29, 1.82) is 0 Å². The first-order valence-corrected chi connectivity index (χ1v) is 9.77. The van der Waals surface area contributed by atoms with Crippen LogP contribution in [0.15, 0.2) is 52.1 Å². The number of ether oxygens (including phenoxy) is 2. The molecule has 0 amide bonds. The Kier molecular flexibility index (Phi) is 6.07. The predicted octanol–water partition coefficient (Wildman–Crippen LogP) is 2.15. The fourth-order valence-corrected chi connectivity index (χ4v) is 3.15. The second kappa shape index (κ2) is 9.25. The Bertz CT molecular complexity index is 1000. The standard InChI is InChI=1S/C21H24N6O3/c1-22-21(27(2)14-15-6-7-17-18(13-15)29-12-11-28-17)24-10-8-19-25-20(30-26-19)16-5-3-4-9-23-16/h3-7,9,13H,8,10-12,14H2,1-2H3,(H,22,24). The van der Waals surface area contributed by atoms with Gasteiger partial charge >= 0.3 is 0 Å². The first-order valence-electron chi connectivity index (χ1n) is 9.77. The van der Waals surface area contributed by atoms with E-state index in [4.69, 9.17) is 14.0 Å². The summed E-state index contributed by atoms with van der Waals surface area (Å²) in [5.41, 5.74) is 1.78. The number of fused-ring (bicyclic) bond motifs is 1. The van der Waals surface area contributed by atoms with Crippen molar-refractivity contribution in [3.05, 3.63) is 54.0 Å². The molecule has 3 aromatic rings. The topological polar surface area (TPSA) is 97.9 Å². The van der Waals surface area contributed by atoms with Crippen molar-refractivity contribution in [3.8, 4) is 23.1 Å². The van der Waals surface area contributed by atoms with Gasteiger partial charge in [-0.15, -0.1) is 0 Å². The molecule has 2 aromatic heterocycles. The molecule has 1 aliphatic rings. The molecular weight excluding hydrogens is 384 g/mol. The molecule has 0 bridgehead atoms. The maximum Gasteiger partial charge on any atom is 0.276 e. The average molecular weight is 408 g/mol. The van der Waals surface area contributed by atoms with E-state index in [1.165, 1.54) is 0 Å². The number of nitrogens with one attached hydrogen (secondary N) is 1. The van der Waals surface area contributed by atoms with Crippen molar-refractivity contribution in [2.24, 2.45) is 4.99 Å². The van der Waals surface area contributed by atoms with Crippen LogP contribution in [-0.4, -0.2) is 59.8 Å². The Morgan fingerprint density at radius 1 is 1.17 bits per heavy atom. The first-order chi connectivity index (χ1) is 14.7. The van der Waals surface area contributed by atoms with Crippen LogP contribution in [0.2, 0.25) is 0 Å². The molecule has 9 nitrogen and oxygen atoms in total. The van der Waals surface area contributed by atoms with Crippen LogP contribution in [0.25, 0.3) is 11.6 Å². The van der Waals surface area contributed by atoms with Crippen molar-refractivity contribution in [3.63, 3.8) is 0 Å². The van der Waals surface area contributed by atoms with Gasteiger partial charge in [0, 0.05) is 39.8 Å². The highest BCUT2D eigenvalue weighted by Gasteiger charge is 2.14. The second-order valence-electron chi connectivity index (χ2n) is 6.79. The third-order valence-corrected chi connectivity index (χ3v) is 4.58. The van der Waals surface area contributed by atoms with Crippen molar-refractivity contribution >= 4 is 5.96 Å². The number of hydrogen-bond acceptors (Lipinski definition) is 7. The van der Waals surface area contributed by atoms with Gasteiger partial charge in [0.2, 0.25) is 0 Å². The summed E-state index contributed by atoms with van der Waals surface area (Å²) in [6, 6.07) is 11.6. The predicted molar refractivity (Wildman–Crippen MR) is 111 cm³/mol. The van der Waals surface area contributed by atoms with Crippen LogP contribution in [0.4, 0.5) is 0 Å². The third kappa shape index (κ3) is 4.68. The number of guanidine groups is 1. The molecule has 0 unspecified atom stereocenters. The lowest BCUT2D eigenvalue weighted by atomic mass is 10.2. The van der Waals surface area contributed by atoms with E-state index in [1.807, 2.05) is 48.3 Å². The number of hydrogen-bond donors (Lipinski definition) is 1. The molecule has 0 saturated carbocycles. The average Bonchev–Trinajstić information content (AvgIpc) is 3.26. The minimum atomic E-state index is 0.422. The number of aliphatic imine (C=N–C) groups is 1. The van der Waals surface area contributed by atoms with Crippen molar-refractivity contribution in [2.75, 3.05) is 33.9 Å². The van der Waals surface area contributed by atoms with Gasteiger partial charge in [-0.05, 0) is 29.8 Å². The van der Waals surface area contributed by atoms with Crippen LogP contribution >= 0.6 is 0 Å². The Morgan fingerprint density at radius 3 is 2.83 bits per heavy atom. The Morgan fingerprint density at radius 2 is 2.03 bits per heavy atom. The third-order valence-electron chi connectivity index (χ3n) is 4.58. The van der Waals surface area contributed by atoms with Crippen LogP contribution in [-0.2, 0) is 13.0 Å². The fraction of sp³-hybridized carbons (Fsp3) is 0.333. The van der Waals surface area contributed by atoms with E-state index in [9.17, 15) is 0 Å². The van der Waals surface area contributed by atoms with Crippen molar-refractivity contribution in [2.45, 2.75) is 13.0 Å². The molecule has 0 atom stereocenters. The first kappa shape index (κ1) is 19.7. The molecule has 156 valence electrons. The number of nitrogens with zero attached hydrogens (tertiary/aromatic N) is 5. The lowest BCUT2D eigenvalue weighted by Crippen LogP contribution is -2.39. The Balaban J connectivity index is 1.30. The van der Waals surface area contributed by atoms with Gasteiger partial charge in [0.1, 0.15) is 18.9 Å². The zero-order valence-corrected chi connectivity index (χ0v) is 17.0. The monoisotopic (exact) mass is 408 g/mol. The molecular formula is C21H24N6O3.